The Morgan fingerprint density at radius 3 is 2.80 bits per heavy atom. The molecule has 0 aromatic carbocycles. The van der Waals surface area contributed by atoms with Crippen molar-refractivity contribution < 1.29 is 6.22 Å². The molecule has 10 heavy (non-hydrogen) atoms. The summed E-state index contributed by atoms with van der Waals surface area (Å²) in [4.78, 5) is 10.7. The van der Waals surface area contributed by atoms with Crippen molar-refractivity contribution in [2.45, 2.75) is 26.7 Å². The van der Waals surface area contributed by atoms with E-state index in [0.717, 1.165) is 19.4 Å². The summed E-state index contributed by atoms with van der Waals surface area (Å²) in [5.74, 6) is 1.63. The van der Waals surface area contributed by atoms with Crippen LogP contribution < -0.4 is 5.32 Å². The number of rotatable bonds is 1. The fraction of sp³-hybridized carbons (Fsp3) is 0.875. The molecule has 0 radical (unpaired) electrons. The smallest absolute Gasteiger partial charge is 0.220 e. The first-order valence-corrected chi connectivity index (χ1v) is 3.97. The molecule has 1 aliphatic rings. The number of hydrogen-bond donors (Lipinski definition) is 1. The van der Waals surface area contributed by atoms with Gasteiger partial charge < -0.3 is 5.32 Å². The van der Waals surface area contributed by atoms with E-state index in [0.29, 0.717) is 11.8 Å². The Morgan fingerprint density at radius 2 is 2.40 bits per heavy atom. The Labute approximate surface area is 63.5 Å². The molecule has 2 nitrogen and oxygen atoms in total. The minimum atomic E-state index is 0. The van der Waals surface area contributed by atoms with Gasteiger partial charge >= 0.3 is 0 Å². The zero-order valence-corrected chi connectivity index (χ0v) is 6.68. The van der Waals surface area contributed by atoms with Crippen LogP contribution in [0.4, 0.5) is 0 Å². The molecule has 0 aromatic heterocycles. The highest BCUT2D eigenvalue weighted by Gasteiger charge is 2.19. The molecule has 0 bridgehead atoms. The van der Waals surface area contributed by atoms with Crippen LogP contribution in [0.15, 0.2) is 0 Å². The van der Waals surface area contributed by atoms with Crippen LogP contribution in [0.2, 0.25) is 0 Å². The maximum atomic E-state index is 10.7. The normalized spacial score (nSPS) is 26.7. The van der Waals surface area contributed by atoms with Gasteiger partial charge in [-0.3, -0.25) is 4.79 Å². The van der Waals surface area contributed by atoms with Gasteiger partial charge in [0.15, 0.2) is 0 Å². The molecule has 1 rings (SSSR count). The van der Waals surface area contributed by atoms with E-state index in [1.54, 1.807) is 0 Å². The second-order valence-corrected chi connectivity index (χ2v) is 3.35. The summed E-state index contributed by atoms with van der Waals surface area (Å²) in [5, 5.41) is 2.87. The van der Waals surface area contributed by atoms with Gasteiger partial charge in [0.25, 0.3) is 0 Å². The van der Waals surface area contributed by atoms with Gasteiger partial charge in [-0.15, -0.1) is 0 Å². The molecule has 1 saturated heterocycles. The van der Waals surface area contributed by atoms with E-state index in [4.69, 9.17) is 0 Å². The summed E-state index contributed by atoms with van der Waals surface area (Å²) in [6, 6.07) is 0. The van der Waals surface area contributed by atoms with Crippen LogP contribution in [0.5, 0.6) is 0 Å². The lowest BCUT2D eigenvalue weighted by Crippen LogP contribution is -2.36. The highest BCUT2D eigenvalue weighted by Crippen LogP contribution is 2.18. The molecule has 1 fully saturated rings. The number of hydrogen-bond acceptors (Lipinski definition) is 1. The average molecular weight is 143 g/mol. The van der Waals surface area contributed by atoms with Gasteiger partial charge in [0.2, 0.25) is 5.91 Å². The van der Waals surface area contributed by atoms with E-state index in [1.807, 2.05) is 0 Å². The number of carbonyl (C=O) groups is 1. The Morgan fingerprint density at radius 1 is 1.70 bits per heavy atom. The minimum Gasteiger partial charge on any atom is -0.356 e. The third kappa shape index (κ3) is 1.72. The molecule has 0 aliphatic carbocycles. The predicted molar refractivity (Wildman–Crippen MR) is 42.7 cm³/mol. The maximum Gasteiger partial charge on any atom is 0.220 e. The molecular weight excluding hydrogens is 126 g/mol. The lowest BCUT2D eigenvalue weighted by atomic mass is 9.89. The van der Waals surface area contributed by atoms with Gasteiger partial charge in [-0.25, -0.2) is 0 Å². The van der Waals surface area contributed by atoms with Crippen LogP contribution in [0, 0.1) is 11.8 Å². The van der Waals surface area contributed by atoms with Crippen molar-refractivity contribution in [3.8, 4) is 0 Å². The van der Waals surface area contributed by atoms with Crippen LogP contribution in [0.25, 0.3) is 0 Å². The van der Waals surface area contributed by atoms with Crippen LogP contribution in [-0.2, 0) is 4.79 Å². The number of carbonyl (C=O) groups excluding carboxylic acids is 1. The molecule has 1 unspecified atom stereocenters. The number of amides is 1. The first kappa shape index (κ1) is 7.58. The highest BCUT2D eigenvalue weighted by atomic mass is 16.1. The van der Waals surface area contributed by atoms with Crippen molar-refractivity contribution in [2.75, 3.05) is 6.54 Å². The molecule has 1 atom stereocenters. The number of piperidine rings is 1. The first-order chi connectivity index (χ1) is 4.70. The fourth-order valence-electron chi connectivity index (χ4n) is 1.32. The first-order valence-electron chi connectivity index (χ1n) is 3.97. The Balaban J connectivity index is 0.000001000. The van der Waals surface area contributed by atoms with Gasteiger partial charge in [0.05, 0.1) is 0 Å². The van der Waals surface area contributed by atoms with Crippen LogP contribution in [-0.4, -0.2) is 12.5 Å². The summed E-state index contributed by atoms with van der Waals surface area (Å²) in [5.41, 5.74) is 0. The summed E-state index contributed by atoms with van der Waals surface area (Å²) in [6.45, 7) is 5.31. The van der Waals surface area contributed by atoms with Crippen LogP contribution in [0.1, 0.15) is 28.1 Å². The van der Waals surface area contributed by atoms with Gasteiger partial charge in [-0.2, -0.15) is 0 Å². The van der Waals surface area contributed by atoms with Crippen molar-refractivity contribution in [1.29, 1.82) is 0 Å². The van der Waals surface area contributed by atoms with Crippen molar-refractivity contribution in [3.63, 3.8) is 0 Å². The lowest BCUT2D eigenvalue weighted by molar-refractivity contribution is -0.123. The van der Waals surface area contributed by atoms with Crippen molar-refractivity contribution >= 4 is 5.91 Å². The molecule has 0 spiro atoms. The van der Waals surface area contributed by atoms with E-state index < -0.39 is 0 Å². The SMILES string of the molecule is CC(C)C1CCC(=O)NC1.[HH]. The Hall–Kier alpha value is -0.530. The van der Waals surface area contributed by atoms with Gasteiger partial charge in [-0.1, -0.05) is 13.8 Å². The zero-order valence-electron chi connectivity index (χ0n) is 6.68. The van der Waals surface area contributed by atoms with Crippen molar-refractivity contribution in [2.24, 2.45) is 11.8 Å². The summed E-state index contributed by atoms with van der Waals surface area (Å²) in [7, 11) is 0. The molecule has 60 valence electrons. The van der Waals surface area contributed by atoms with Gasteiger partial charge in [0.1, 0.15) is 0 Å². The highest BCUT2D eigenvalue weighted by molar-refractivity contribution is 5.76. The molecule has 0 aromatic rings. The second-order valence-electron chi connectivity index (χ2n) is 3.35. The largest absolute Gasteiger partial charge is 0.356 e. The van der Waals surface area contributed by atoms with E-state index in [-0.39, 0.29) is 7.33 Å². The van der Waals surface area contributed by atoms with Gasteiger partial charge in [0, 0.05) is 14.4 Å². The Bertz CT molecular complexity index is 126. The van der Waals surface area contributed by atoms with Crippen molar-refractivity contribution in [3.05, 3.63) is 0 Å². The summed E-state index contributed by atoms with van der Waals surface area (Å²) in [6.07, 6.45) is 1.80. The van der Waals surface area contributed by atoms with E-state index in [9.17, 15) is 4.79 Å². The minimum absolute atomic E-state index is 0. The second kappa shape index (κ2) is 3.04. The average Bonchev–Trinajstić information content (AvgIpc) is 1.88. The monoisotopic (exact) mass is 143 g/mol. The fourth-order valence-corrected chi connectivity index (χ4v) is 1.32. The number of nitrogens with one attached hydrogen (secondary N) is 1. The molecule has 1 amide bonds. The molecule has 1 aliphatic heterocycles. The standard InChI is InChI=1S/C8H15NO.H2/c1-6(2)7-3-4-8(10)9-5-7;/h6-7H,3-5H2,1-2H3,(H,9,10);1H. The van der Waals surface area contributed by atoms with Gasteiger partial charge in [-0.05, 0) is 18.3 Å². The zero-order chi connectivity index (χ0) is 7.56. The maximum absolute atomic E-state index is 10.7. The predicted octanol–water partition coefficient (Wildman–Crippen LogP) is 1.41. The molecule has 2 heteroatoms. The molecule has 1 heterocycles. The third-order valence-electron chi connectivity index (χ3n) is 2.25. The summed E-state index contributed by atoms with van der Waals surface area (Å²) >= 11 is 0. The Kier molecular flexibility index (Phi) is 2.30. The topological polar surface area (TPSA) is 29.1 Å². The lowest BCUT2D eigenvalue weighted by Gasteiger charge is -2.25. The molecular formula is C8H17NO. The quantitative estimate of drug-likeness (QED) is 0.591. The molecule has 1 N–H and O–H groups in total. The van der Waals surface area contributed by atoms with Crippen LogP contribution >= 0.6 is 0 Å². The molecule has 0 saturated carbocycles. The van der Waals surface area contributed by atoms with E-state index >= 15 is 0 Å². The third-order valence-corrected chi connectivity index (χ3v) is 2.25. The summed E-state index contributed by atoms with van der Waals surface area (Å²) < 4.78 is 0. The van der Waals surface area contributed by atoms with E-state index in [2.05, 4.69) is 19.2 Å². The van der Waals surface area contributed by atoms with Crippen molar-refractivity contribution in [1.82, 2.24) is 5.32 Å². The van der Waals surface area contributed by atoms with E-state index in [1.165, 1.54) is 0 Å². The van der Waals surface area contributed by atoms with Crippen LogP contribution in [0.3, 0.4) is 0 Å².